The van der Waals surface area contributed by atoms with Crippen LogP contribution in [-0.4, -0.2) is 50.3 Å². The quantitative estimate of drug-likeness (QED) is 0.719. The van der Waals surface area contributed by atoms with Gasteiger partial charge in [0.15, 0.2) is 12.1 Å². The smallest absolute Gasteiger partial charge is 0.186 e. The zero-order valence-electron chi connectivity index (χ0n) is 10.8. The van der Waals surface area contributed by atoms with Gasteiger partial charge in [0.05, 0.1) is 13.9 Å². The minimum Gasteiger partial charge on any atom is -0.353 e. The van der Waals surface area contributed by atoms with Crippen molar-refractivity contribution in [2.45, 2.75) is 50.7 Å². The molecule has 0 radical (unpaired) electrons. The third kappa shape index (κ3) is 2.91. The molecule has 0 spiro atoms. The first kappa shape index (κ1) is 13.5. The van der Waals surface area contributed by atoms with Gasteiger partial charge in [0.2, 0.25) is 0 Å². The summed E-state index contributed by atoms with van der Waals surface area (Å²) in [6, 6.07) is 0. The average Bonchev–Trinajstić information content (AvgIpc) is 2.68. The van der Waals surface area contributed by atoms with Gasteiger partial charge in [0.1, 0.15) is 12.2 Å². The first-order valence-electron chi connectivity index (χ1n) is 5.96. The van der Waals surface area contributed by atoms with Crippen LogP contribution in [0.1, 0.15) is 20.3 Å². The molecule has 5 atom stereocenters. The van der Waals surface area contributed by atoms with Crippen molar-refractivity contribution >= 4 is 7.80 Å². The van der Waals surface area contributed by atoms with Crippen molar-refractivity contribution in [1.29, 1.82) is 0 Å². The van der Waals surface area contributed by atoms with Gasteiger partial charge in [-0.05, 0) is 26.9 Å². The summed E-state index contributed by atoms with van der Waals surface area (Å²) < 4.78 is 33.8. The highest BCUT2D eigenvalue weighted by Gasteiger charge is 2.55. The molecule has 2 fully saturated rings. The van der Waals surface area contributed by atoms with Gasteiger partial charge in [-0.3, -0.25) is 0 Å². The van der Waals surface area contributed by atoms with Crippen LogP contribution < -0.4 is 0 Å². The zero-order chi connectivity index (χ0) is 12.6. The van der Waals surface area contributed by atoms with E-state index in [-0.39, 0.29) is 24.6 Å². The molecule has 2 saturated heterocycles. The largest absolute Gasteiger partial charge is 0.353 e. The van der Waals surface area contributed by atoms with Gasteiger partial charge >= 0.3 is 0 Å². The molecule has 0 aromatic rings. The van der Waals surface area contributed by atoms with Gasteiger partial charge in [-0.2, -0.15) is 0 Å². The van der Waals surface area contributed by atoms with Crippen LogP contribution in [0.3, 0.4) is 0 Å². The zero-order valence-corrected chi connectivity index (χ0v) is 11.8. The molecule has 2 rings (SSSR count). The van der Waals surface area contributed by atoms with Crippen LogP contribution in [0.2, 0.25) is 0 Å². The molecular formula is C11H21O5P. The van der Waals surface area contributed by atoms with E-state index in [1.807, 2.05) is 13.8 Å². The topological polar surface area (TPSA) is 54.0 Å². The Balaban J connectivity index is 2.02. The van der Waals surface area contributed by atoms with E-state index >= 15 is 0 Å². The van der Waals surface area contributed by atoms with E-state index < -0.39 is 13.6 Å². The van der Waals surface area contributed by atoms with E-state index in [1.54, 1.807) is 13.8 Å². The summed E-state index contributed by atoms with van der Waals surface area (Å²) >= 11 is 0. The second kappa shape index (κ2) is 4.98. The van der Waals surface area contributed by atoms with Crippen molar-refractivity contribution in [3.63, 3.8) is 0 Å². The molecular weight excluding hydrogens is 243 g/mol. The summed E-state index contributed by atoms with van der Waals surface area (Å²) in [5.74, 6) is -0.592. The predicted molar refractivity (Wildman–Crippen MR) is 63.9 cm³/mol. The Morgan fingerprint density at radius 3 is 2.53 bits per heavy atom. The third-order valence-corrected chi connectivity index (χ3v) is 4.11. The maximum Gasteiger partial charge on any atom is 0.186 e. The van der Waals surface area contributed by atoms with Crippen LogP contribution in [-0.2, 0) is 23.5 Å². The summed E-state index contributed by atoms with van der Waals surface area (Å²) in [5, 5.41) is 0. The molecule has 2 aliphatic heterocycles. The lowest BCUT2D eigenvalue weighted by Gasteiger charge is -2.23. The van der Waals surface area contributed by atoms with E-state index in [1.165, 1.54) is 0 Å². The number of ether oxygens (including phenoxy) is 4. The Morgan fingerprint density at radius 1 is 1.29 bits per heavy atom. The Bertz CT molecular complexity index is 306. The molecule has 6 heteroatoms. The van der Waals surface area contributed by atoms with Crippen molar-refractivity contribution in [2.24, 2.45) is 0 Å². The second-order valence-corrected chi connectivity index (χ2v) is 6.99. The summed E-state index contributed by atoms with van der Waals surface area (Å²) in [4.78, 5) is 0. The third-order valence-electron chi connectivity index (χ3n) is 3.12. The van der Waals surface area contributed by atoms with Gasteiger partial charge in [0, 0.05) is 13.3 Å². The standard InChI is InChI=1S/C11H21O5P/c1-11(2)15-8-7(5-6-17(4)12)14-10(13-3)9(8)16-11/h7-10,17H,5-6H2,1-4H3/t7-,8-,9-,10-/m1/s1. The molecule has 17 heavy (non-hydrogen) atoms. The Kier molecular flexibility index (Phi) is 3.96. The molecule has 100 valence electrons. The first-order chi connectivity index (χ1) is 7.93. The number of hydrogen-bond acceptors (Lipinski definition) is 5. The summed E-state index contributed by atoms with van der Waals surface area (Å²) in [6.45, 7) is 5.54. The maximum atomic E-state index is 11.2. The van der Waals surface area contributed by atoms with Crippen molar-refractivity contribution in [3.05, 3.63) is 0 Å². The molecule has 0 saturated carbocycles. The lowest BCUT2D eigenvalue weighted by Crippen LogP contribution is -2.30. The van der Waals surface area contributed by atoms with Gasteiger partial charge in [-0.1, -0.05) is 0 Å². The van der Waals surface area contributed by atoms with E-state index in [0.29, 0.717) is 6.16 Å². The maximum absolute atomic E-state index is 11.2. The fourth-order valence-electron chi connectivity index (χ4n) is 2.41. The molecule has 0 aliphatic carbocycles. The number of methoxy groups -OCH3 is 1. The predicted octanol–water partition coefficient (Wildman–Crippen LogP) is 1.46. The van der Waals surface area contributed by atoms with E-state index in [2.05, 4.69) is 0 Å². The van der Waals surface area contributed by atoms with Crippen molar-refractivity contribution in [1.82, 2.24) is 0 Å². The Hall–Kier alpha value is 0.0700. The van der Waals surface area contributed by atoms with Gasteiger partial charge in [-0.25, -0.2) is 0 Å². The highest BCUT2D eigenvalue weighted by molar-refractivity contribution is 7.43. The molecule has 1 unspecified atom stereocenters. The molecule has 5 nitrogen and oxygen atoms in total. The average molecular weight is 264 g/mol. The normalized spacial score (nSPS) is 41.4. The van der Waals surface area contributed by atoms with Crippen LogP contribution in [0.25, 0.3) is 0 Å². The van der Waals surface area contributed by atoms with E-state index in [4.69, 9.17) is 18.9 Å². The van der Waals surface area contributed by atoms with Gasteiger partial charge in [0.25, 0.3) is 0 Å². The summed E-state index contributed by atoms with van der Waals surface area (Å²) in [5.41, 5.74) is 0. The van der Waals surface area contributed by atoms with E-state index in [9.17, 15) is 4.57 Å². The van der Waals surface area contributed by atoms with Crippen LogP contribution >= 0.6 is 7.80 Å². The molecule has 2 heterocycles. The van der Waals surface area contributed by atoms with Crippen LogP contribution in [0, 0.1) is 0 Å². The molecule has 0 aromatic carbocycles. The van der Waals surface area contributed by atoms with E-state index in [0.717, 1.165) is 6.42 Å². The lowest BCUT2D eigenvalue weighted by molar-refractivity contribution is -0.227. The SMILES string of the molecule is CO[C@@H]1O[C@H](CC[PH](C)=O)[C@H]2OC(C)(C)O[C@@H]12. The minimum atomic E-state index is -1.47. The molecule has 0 bridgehead atoms. The Morgan fingerprint density at radius 2 is 1.94 bits per heavy atom. The van der Waals surface area contributed by atoms with Crippen molar-refractivity contribution in [2.75, 3.05) is 19.9 Å². The highest BCUT2D eigenvalue weighted by atomic mass is 31.1. The first-order valence-corrected chi connectivity index (χ1v) is 8.08. The Labute approximate surface area is 103 Å². The highest BCUT2D eigenvalue weighted by Crippen LogP contribution is 2.40. The molecule has 0 N–H and O–H groups in total. The van der Waals surface area contributed by atoms with Gasteiger partial charge < -0.3 is 23.5 Å². The minimum absolute atomic E-state index is 0.0828. The number of rotatable bonds is 4. The molecule has 0 amide bonds. The fourth-order valence-corrected chi connectivity index (χ4v) is 3.10. The molecule has 2 aliphatic rings. The fraction of sp³-hybridized carbons (Fsp3) is 1.00. The van der Waals surface area contributed by atoms with Crippen molar-refractivity contribution < 1.29 is 23.5 Å². The van der Waals surface area contributed by atoms with Crippen molar-refractivity contribution in [3.8, 4) is 0 Å². The van der Waals surface area contributed by atoms with Crippen LogP contribution in [0.4, 0.5) is 0 Å². The second-order valence-electron chi connectivity index (χ2n) is 5.08. The summed E-state index contributed by atoms with van der Waals surface area (Å²) in [6.07, 6.45) is 0.648. The number of hydrogen-bond donors (Lipinski definition) is 0. The van der Waals surface area contributed by atoms with Crippen LogP contribution in [0.15, 0.2) is 0 Å². The number of fused-ring (bicyclic) bond motifs is 1. The molecule has 0 aromatic heterocycles. The van der Waals surface area contributed by atoms with Crippen LogP contribution in [0.5, 0.6) is 0 Å². The van der Waals surface area contributed by atoms with Gasteiger partial charge in [-0.15, -0.1) is 0 Å². The monoisotopic (exact) mass is 264 g/mol. The summed E-state index contributed by atoms with van der Waals surface area (Å²) in [7, 11) is 0.129. The lowest BCUT2D eigenvalue weighted by atomic mass is 10.1.